The minimum absolute atomic E-state index is 0.149. The van der Waals surface area contributed by atoms with Gasteiger partial charge in [0, 0.05) is 12.6 Å². The Morgan fingerprint density at radius 3 is 2.57 bits per heavy atom. The Hall–Kier alpha value is -2.37. The first kappa shape index (κ1) is 15.5. The van der Waals surface area contributed by atoms with Gasteiger partial charge in [-0.05, 0) is 38.3 Å². The highest BCUT2D eigenvalue weighted by Crippen LogP contribution is 2.22. The highest BCUT2D eigenvalue weighted by Gasteiger charge is 2.29. The van der Waals surface area contributed by atoms with Gasteiger partial charge in [0.15, 0.2) is 0 Å². The number of rotatable bonds is 5. The van der Waals surface area contributed by atoms with Gasteiger partial charge in [0.2, 0.25) is 5.91 Å². The van der Waals surface area contributed by atoms with Crippen molar-refractivity contribution in [1.82, 2.24) is 14.5 Å². The predicted octanol–water partition coefficient (Wildman–Crippen LogP) is 1.41. The van der Waals surface area contributed by atoms with E-state index in [9.17, 15) is 14.4 Å². The van der Waals surface area contributed by atoms with Crippen LogP contribution in [0.25, 0.3) is 10.9 Å². The molecule has 1 N–H and O–H groups in total. The highest BCUT2D eigenvalue weighted by molar-refractivity contribution is 5.84. The van der Waals surface area contributed by atoms with E-state index in [1.807, 2.05) is 6.92 Å². The number of hydrogen-bond acceptors (Lipinski definition) is 3. The zero-order valence-corrected chi connectivity index (χ0v) is 13.4. The van der Waals surface area contributed by atoms with Crippen LogP contribution < -0.4 is 16.6 Å². The third kappa shape index (κ3) is 2.69. The van der Waals surface area contributed by atoms with Crippen LogP contribution in [0.3, 0.4) is 0 Å². The van der Waals surface area contributed by atoms with E-state index in [2.05, 4.69) is 5.32 Å². The van der Waals surface area contributed by atoms with Crippen LogP contribution in [-0.4, -0.2) is 21.1 Å². The molecule has 2 aromatic rings. The second-order valence-electron chi connectivity index (χ2n) is 5.93. The molecule has 6 nitrogen and oxygen atoms in total. The maximum absolute atomic E-state index is 12.8. The van der Waals surface area contributed by atoms with Gasteiger partial charge in [0.05, 0.1) is 10.9 Å². The third-order valence-electron chi connectivity index (χ3n) is 4.32. The fraction of sp³-hybridized carbons (Fsp3) is 0.471. The predicted molar refractivity (Wildman–Crippen MR) is 88.6 cm³/mol. The molecule has 3 rings (SSSR count). The van der Waals surface area contributed by atoms with Crippen LogP contribution in [0.4, 0.5) is 0 Å². The van der Waals surface area contributed by atoms with E-state index in [1.54, 1.807) is 31.2 Å². The number of carbonyl (C=O) groups excluding carboxylic acids is 1. The number of nitrogens with one attached hydrogen (secondary N) is 1. The normalized spacial score (nSPS) is 15.6. The summed E-state index contributed by atoms with van der Waals surface area (Å²) in [5.74, 6) is -0.149. The van der Waals surface area contributed by atoms with Crippen LogP contribution in [-0.2, 0) is 11.3 Å². The van der Waals surface area contributed by atoms with Crippen molar-refractivity contribution in [2.45, 2.75) is 51.7 Å². The van der Waals surface area contributed by atoms with E-state index in [1.165, 1.54) is 9.13 Å². The molecule has 1 fully saturated rings. The van der Waals surface area contributed by atoms with E-state index in [0.29, 0.717) is 17.3 Å². The lowest BCUT2D eigenvalue weighted by Gasteiger charge is -2.21. The standard InChI is InChI=1S/C17H21N3O3/c1-3-13(15(21)18-11-9-10-11)20-14-8-6-5-7-12(14)16(22)19(4-2)17(20)23/h5-8,11,13H,3-4,9-10H2,1-2H3,(H,18,21). The lowest BCUT2D eigenvalue weighted by atomic mass is 10.1. The summed E-state index contributed by atoms with van der Waals surface area (Å²) in [4.78, 5) is 37.8. The maximum atomic E-state index is 12.8. The Labute approximate surface area is 133 Å². The van der Waals surface area contributed by atoms with Crippen molar-refractivity contribution in [3.05, 3.63) is 45.1 Å². The molecule has 6 heteroatoms. The topological polar surface area (TPSA) is 73.1 Å². The highest BCUT2D eigenvalue weighted by atomic mass is 16.2. The number of carbonyl (C=O) groups is 1. The Kier molecular flexibility index (Phi) is 4.07. The quantitative estimate of drug-likeness (QED) is 0.907. The van der Waals surface area contributed by atoms with Crippen LogP contribution in [0.15, 0.2) is 33.9 Å². The molecule has 1 aromatic heterocycles. The third-order valence-corrected chi connectivity index (χ3v) is 4.32. The van der Waals surface area contributed by atoms with Crippen molar-refractivity contribution >= 4 is 16.8 Å². The maximum Gasteiger partial charge on any atom is 0.332 e. The first-order chi connectivity index (χ1) is 11.1. The average Bonchev–Trinajstić information content (AvgIpc) is 3.35. The van der Waals surface area contributed by atoms with Crippen LogP contribution >= 0.6 is 0 Å². The summed E-state index contributed by atoms with van der Waals surface area (Å²) < 4.78 is 2.66. The molecule has 1 unspecified atom stereocenters. The molecule has 0 saturated heterocycles. The smallest absolute Gasteiger partial charge is 0.332 e. The van der Waals surface area contributed by atoms with Crippen LogP contribution in [0.5, 0.6) is 0 Å². The van der Waals surface area contributed by atoms with Crippen LogP contribution in [0.2, 0.25) is 0 Å². The molecular formula is C17H21N3O3. The number of nitrogens with zero attached hydrogens (tertiary/aromatic N) is 2. The summed E-state index contributed by atoms with van der Waals surface area (Å²) in [6.45, 7) is 3.91. The van der Waals surface area contributed by atoms with Gasteiger partial charge in [0.25, 0.3) is 5.56 Å². The summed E-state index contributed by atoms with van der Waals surface area (Å²) in [5, 5.41) is 3.43. The fourth-order valence-corrected chi connectivity index (χ4v) is 2.92. The molecule has 0 radical (unpaired) electrons. The van der Waals surface area contributed by atoms with Crippen molar-refractivity contribution in [2.75, 3.05) is 0 Å². The summed E-state index contributed by atoms with van der Waals surface area (Å²) in [6, 6.07) is 6.60. The second kappa shape index (κ2) is 6.02. The Morgan fingerprint density at radius 1 is 1.26 bits per heavy atom. The zero-order valence-electron chi connectivity index (χ0n) is 13.4. The monoisotopic (exact) mass is 315 g/mol. The number of aromatic nitrogens is 2. The van der Waals surface area contributed by atoms with Gasteiger partial charge in [-0.3, -0.25) is 18.7 Å². The molecule has 1 aliphatic carbocycles. The Balaban J connectivity index is 2.23. The van der Waals surface area contributed by atoms with Crippen LogP contribution in [0, 0.1) is 0 Å². The molecule has 1 amide bonds. The van der Waals surface area contributed by atoms with Crippen molar-refractivity contribution in [3.63, 3.8) is 0 Å². The van der Waals surface area contributed by atoms with Gasteiger partial charge < -0.3 is 5.32 Å². The SMILES string of the molecule is CCC(C(=O)NC1CC1)n1c(=O)n(CC)c(=O)c2ccccc21. The van der Waals surface area contributed by atoms with Crippen molar-refractivity contribution in [1.29, 1.82) is 0 Å². The summed E-state index contributed by atoms with van der Waals surface area (Å²) in [5.41, 5.74) is -0.208. The number of benzene rings is 1. The van der Waals surface area contributed by atoms with Crippen molar-refractivity contribution < 1.29 is 4.79 Å². The fourth-order valence-electron chi connectivity index (χ4n) is 2.92. The molecule has 0 bridgehead atoms. The van der Waals surface area contributed by atoms with Crippen molar-refractivity contribution in [2.24, 2.45) is 0 Å². The average molecular weight is 315 g/mol. The van der Waals surface area contributed by atoms with E-state index in [-0.39, 0.29) is 24.1 Å². The first-order valence-corrected chi connectivity index (χ1v) is 8.12. The molecular weight excluding hydrogens is 294 g/mol. The van der Waals surface area contributed by atoms with Gasteiger partial charge in [0.1, 0.15) is 6.04 Å². The molecule has 0 spiro atoms. The number of hydrogen-bond donors (Lipinski definition) is 1. The summed E-state index contributed by atoms with van der Waals surface area (Å²) in [7, 11) is 0. The number of fused-ring (bicyclic) bond motifs is 1. The first-order valence-electron chi connectivity index (χ1n) is 8.12. The van der Waals surface area contributed by atoms with Crippen LogP contribution in [0.1, 0.15) is 39.2 Å². The molecule has 122 valence electrons. The minimum atomic E-state index is -0.605. The van der Waals surface area contributed by atoms with E-state index >= 15 is 0 Å². The largest absolute Gasteiger partial charge is 0.352 e. The molecule has 1 aliphatic rings. The van der Waals surface area contributed by atoms with E-state index in [0.717, 1.165) is 12.8 Å². The lowest BCUT2D eigenvalue weighted by Crippen LogP contribution is -2.45. The molecule has 23 heavy (non-hydrogen) atoms. The molecule has 0 aliphatic heterocycles. The number of amides is 1. The van der Waals surface area contributed by atoms with Crippen molar-refractivity contribution in [3.8, 4) is 0 Å². The molecule has 1 heterocycles. The second-order valence-corrected chi connectivity index (χ2v) is 5.93. The van der Waals surface area contributed by atoms with E-state index < -0.39 is 11.7 Å². The van der Waals surface area contributed by atoms with Gasteiger partial charge in [-0.1, -0.05) is 19.1 Å². The molecule has 1 saturated carbocycles. The lowest BCUT2D eigenvalue weighted by molar-refractivity contribution is -0.124. The molecule has 1 atom stereocenters. The van der Waals surface area contributed by atoms with Gasteiger partial charge >= 0.3 is 5.69 Å². The number of para-hydroxylation sites is 1. The van der Waals surface area contributed by atoms with E-state index in [4.69, 9.17) is 0 Å². The minimum Gasteiger partial charge on any atom is -0.352 e. The van der Waals surface area contributed by atoms with Gasteiger partial charge in [-0.25, -0.2) is 4.79 Å². The van der Waals surface area contributed by atoms with Gasteiger partial charge in [-0.15, -0.1) is 0 Å². The Bertz CT molecular complexity index is 861. The summed E-state index contributed by atoms with van der Waals surface area (Å²) >= 11 is 0. The Morgan fingerprint density at radius 2 is 1.96 bits per heavy atom. The zero-order chi connectivity index (χ0) is 16.6. The molecule has 1 aromatic carbocycles. The summed E-state index contributed by atoms with van der Waals surface area (Å²) in [6.07, 6.45) is 2.48. The van der Waals surface area contributed by atoms with Gasteiger partial charge in [-0.2, -0.15) is 0 Å².